The first-order valence-corrected chi connectivity index (χ1v) is 17.0. The van der Waals surface area contributed by atoms with Gasteiger partial charge < -0.3 is 30.4 Å². The Morgan fingerprint density at radius 3 is 1.86 bits per heavy atom. The van der Waals surface area contributed by atoms with E-state index in [1.807, 2.05) is 18.2 Å². The number of carbonyl (C=O) groups is 3. The van der Waals surface area contributed by atoms with Crippen molar-refractivity contribution < 1.29 is 32.6 Å². The van der Waals surface area contributed by atoms with E-state index >= 15 is 0 Å². The van der Waals surface area contributed by atoms with Gasteiger partial charge in [0.25, 0.3) is 5.91 Å². The maximum absolute atomic E-state index is 13.9. The summed E-state index contributed by atoms with van der Waals surface area (Å²) in [6.45, 7) is 10.8. The molecule has 0 bridgehead atoms. The summed E-state index contributed by atoms with van der Waals surface area (Å²) < 4.78 is 38.5. The number of halogens is 2. The molecule has 1 saturated carbocycles. The third-order valence-corrected chi connectivity index (χ3v) is 8.29. The average Bonchev–Trinajstić information content (AvgIpc) is 3.80. The van der Waals surface area contributed by atoms with Crippen molar-refractivity contribution in [1.82, 2.24) is 20.9 Å². The van der Waals surface area contributed by atoms with Crippen LogP contribution in [0.25, 0.3) is 33.2 Å². The predicted octanol–water partition coefficient (Wildman–Crippen LogP) is 8.49. The summed E-state index contributed by atoms with van der Waals surface area (Å²) in [5, 5.41) is 9.61. The second kappa shape index (κ2) is 14.9. The molecular weight excluding hydrogens is 642 g/mol. The van der Waals surface area contributed by atoms with Crippen molar-refractivity contribution in [2.75, 3.05) is 6.54 Å². The molecule has 1 aliphatic rings. The van der Waals surface area contributed by atoms with Gasteiger partial charge in [-0.1, -0.05) is 36.4 Å². The van der Waals surface area contributed by atoms with E-state index in [0.717, 1.165) is 29.4 Å². The highest BCUT2D eigenvalue weighted by Crippen LogP contribution is 2.36. The van der Waals surface area contributed by atoms with Crippen LogP contribution in [0.2, 0.25) is 0 Å². The van der Waals surface area contributed by atoms with Gasteiger partial charge in [-0.3, -0.25) is 4.79 Å². The molecule has 0 radical (unpaired) electrons. The van der Waals surface area contributed by atoms with Gasteiger partial charge in [-0.2, -0.15) is 0 Å². The lowest BCUT2D eigenvalue weighted by molar-refractivity contribution is 0.0469. The Bertz CT molecular complexity index is 1820. The molecule has 0 spiro atoms. The zero-order chi connectivity index (χ0) is 36.2. The lowest BCUT2D eigenvalue weighted by atomic mass is 9.98. The maximum atomic E-state index is 13.9. The van der Waals surface area contributed by atoms with Gasteiger partial charge in [0.1, 0.15) is 28.5 Å². The van der Waals surface area contributed by atoms with Gasteiger partial charge in [0.05, 0.1) is 0 Å². The Labute approximate surface area is 291 Å². The fourth-order valence-corrected chi connectivity index (χ4v) is 5.87. The molecular formula is C39H46F2N4O5. The predicted molar refractivity (Wildman–Crippen MR) is 190 cm³/mol. The molecule has 3 amide bonds. The van der Waals surface area contributed by atoms with Crippen LogP contribution >= 0.6 is 0 Å². The highest BCUT2D eigenvalue weighted by molar-refractivity contribution is 6.10. The molecule has 4 aromatic rings. The van der Waals surface area contributed by atoms with E-state index in [9.17, 15) is 23.2 Å². The second-order valence-electron chi connectivity index (χ2n) is 14.9. The fourth-order valence-electron chi connectivity index (χ4n) is 5.87. The van der Waals surface area contributed by atoms with Crippen LogP contribution in [0.4, 0.5) is 18.4 Å². The van der Waals surface area contributed by atoms with Crippen LogP contribution in [0.1, 0.15) is 77.7 Å². The number of nitrogens with one attached hydrogen (secondary N) is 4. The van der Waals surface area contributed by atoms with Crippen molar-refractivity contribution in [2.24, 2.45) is 5.92 Å². The number of benzene rings is 3. The van der Waals surface area contributed by atoms with Crippen molar-refractivity contribution in [3.05, 3.63) is 84.1 Å². The SMILES string of the molecule is CC(C)(C)OC(=O)NC(CC[C@@H](CNC(=O)c1[nH]c2cc(-c3ccc(F)cc3)ccc2c1-c1ccc(F)cc1)NC(=O)OC(C)(C)C)C1CC1. The summed E-state index contributed by atoms with van der Waals surface area (Å²) in [5.41, 5.74) is 2.43. The third-order valence-electron chi connectivity index (χ3n) is 8.29. The zero-order valence-corrected chi connectivity index (χ0v) is 29.4. The number of ether oxygens (including phenoxy) is 2. The van der Waals surface area contributed by atoms with Crippen LogP contribution in [-0.2, 0) is 9.47 Å². The summed E-state index contributed by atoms with van der Waals surface area (Å²) in [5.74, 6) is -0.858. The van der Waals surface area contributed by atoms with Crippen molar-refractivity contribution in [2.45, 2.75) is 90.5 Å². The number of rotatable bonds is 11. The van der Waals surface area contributed by atoms with Gasteiger partial charge in [0.15, 0.2) is 0 Å². The summed E-state index contributed by atoms with van der Waals surface area (Å²) in [7, 11) is 0. The Kier molecular flexibility index (Phi) is 10.8. The molecule has 9 nitrogen and oxygen atoms in total. The minimum absolute atomic E-state index is 0.0704. The number of carbonyl (C=O) groups excluding carboxylic acids is 3. The number of amides is 3. The van der Waals surface area contributed by atoms with E-state index in [1.165, 1.54) is 24.3 Å². The van der Waals surface area contributed by atoms with Crippen molar-refractivity contribution in [3.8, 4) is 22.3 Å². The molecule has 1 unspecified atom stereocenters. The van der Waals surface area contributed by atoms with Crippen LogP contribution in [0.3, 0.4) is 0 Å². The molecule has 2 atom stereocenters. The van der Waals surface area contributed by atoms with Gasteiger partial charge >= 0.3 is 12.2 Å². The van der Waals surface area contributed by atoms with E-state index in [1.54, 1.807) is 65.8 Å². The number of H-pyrrole nitrogens is 1. The number of alkyl carbamates (subject to hydrolysis) is 2. The van der Waals surface area contributed by atoms with Crippen LogP contribution in [0.5, 0.6) is 0 Å². The van der Waals surface area contributed by atoms with Crippen molar-refractivity contribution >= 4 is 29.0 Å². The van der Waals surface area contributed by atoms with Crippen LogP contribution in [0.15, 0.2) is 66.7 Å². The highest BCUT2D eigenvalue weighted by Gasteiger charge is 2.34. The summed E-state index contributed by atoms with van der Waals surface area (Å²) in [6, 6.07) is 17.0. The number of hydrogen-bond donors (Lipinski definition) is 4. The van der Waals surface area contributed by atoms with Crippen molar-refractivity contribution in [1.29, 1.82) is 0 Å². The van der Waals surface area contributed by atoms with Gasteiger partial charge in [0.2, 0.25) is 0 Å². The minimum Gasteiger partial charge on any atom is -0.444 e. The summed E-state index contributed by atoms with van der Waals surface area (Å²) in [6.07, 6.45) is 1.84. The highest BCUT2D eigenvalue weighted by atomic mass is 19.1. The molecule has 1 heterocycles. The first kappa shape index (κ1) is 36.4. The summed E-state index contributed by atoms with van der Waals surface area (Å²) in [4.78, 5) is 42.7. The van der Waals surface area contributed by atoms with E-state index in [2.05, 4.69) is 20.9 Å². The quantitative estimate of drug-likeness (QED) is 0.126. The average molecular weight is 689 g/mol. The van der Waals surface area contributed by atoms with Crippen LogP contribution in [0, 0.1) is 17.6 Å². The largest absolute Gasteiger partial charge is 0.444 e. The molecule has 50 heavy (non-hydrogen) atoms. The Morgan fingerprint density at radius 1 is 0.760 bits per heavy atom. The monoisotopic (exact) mass is 688 g/mol. The zero-order valence-electron chi connectivity index (χ0n) is 29.4. The number of aromatic amines is 1. The van der Waals surface area contributed by atoms with Gasteiger partial charge in [-0.25, -0.2) is 18.4 Å². The van der Waals surface area contributed by atoms with E-state index in [-0.39, 0.29) is 24.1 Å². The van der Waals surface area contributed by atoms with Crippen LogP contribution in [-0.4, -0.2) is 52.9 Å². The molecule has 0 saturated heterocycles. The molecule has 1 aliphatic carbocycles. The number of hydrogen-bond acceptors (Lipinski definition) is 5. The Hall–Kier alpha value is -4.93. The standard InChI is InChI=1S/C39H46F2N4O5/c1-38(2,3)49-36(47)43-29(18-20-31(24-7-8-24)45-37(48)50-39(4,5)6)22-42-35(46)34-33(25-11-16-28(41)17-12-25)30-19-13-26(21-32(30)44-34)23-9-14-27(40)15-10-23/h9-17,19,21,24,29,31,44H,7-8,18,20,22H2,1-6H3,(H,42,46)(H,43,47)(H,45,48)/t29-,31?/m0/s1. The lowest BCUT2D eigenvalue weighted by Crippen LogP contribution is -2.47. The Morgan fingerprint density at radius 2 is 1.30 bits per heavy atom. The third kappa shape index (κ3) is 10.1. The molecule has 1 aromatic heterocycles. The summed E-state index contributed by atoms with van der Waals surface area (Å²) >= 11 is 0. The van der Waals surface area contributed by atoms with Crippen LogP contribution < -0.4 is 16.0 Å². The number of aromatic nitrogens is 1. The molecule has 11 heteroatoms. The first-order valence-electron chi connectivity index (χ1n) is 17.0. The molecule has 1 fully saturated rings. The van der Waals surface area contributed by atoms with E-state index in [0.29, 0.717) is 35.4 Å². The molecule has 4 N–H and O–H groups in total. The van der Waals surface area contributed by atoms with Gasteiger partial charge in [0, 0.05) is 35.1 Å². The topological polar surface area (TPSA) is 122 Å². The van der Waals surface area contributed by atoms with E-state index in [4.69, 9.17) is 9.47 Å². The minimum atomic E-state index is -0.728. The first-order chi connectivity index (χ1) is 23.5. The lowest BCUT2D eigenvalue weighted by Gasteiger charge is -2.27. The molecule has 0 aliphatic heterocycles. The smallest absolute Gasteiger partial charge is 0.407 e. The molecule has 5 rings (SSSR count). The van der Waals surface area contributed by atoms with Crippen molar-refractivity contribution in [3.63, 3.8) is 0 Å². The molecule has 266 valence electrons. The van der Waals surface area contributed by atoms with E-state index < -0.39 is 41.2 Å². The van der Waals surface area contributed by atoms with Gasteiger partial charge in [-0.05, 0) is 120 Å². The molecule has 3 aromatic carbocycles. The van der Waals surface area contributed by atoms with Gasteiger partial charge in [-0.15, -0.1) is 0 Å². The second-order valence-corrected chi connectivity index (χ2v) is 14.9. The normalized spacial score (nSPS) is 14.5. The number of fused-ring (bicyclic) bond motifs is 1. The fraction of sp³-hybridized carbons (Fsp3) is 0.410. The maximum Gasteiger partial charge on any atom is 0.407 e. The Balaban J connectivity index is 1.38.